The Kier molecular flexibility index (Phi) is 4.83. The van der Waals surface area contributed by atoms with Gasteiger partial charge in [0.2, 0.25) is 0 Å². The molecule has 116 valence electrons. The van der Waals surface area contributed by atoms with E-state index in [2.05, 4.69) is 0 Å². The normalized spacial score (nSPS) is 12.7. The van der Waals surface area contributed by atoms with Gasteiger partial charge in [-0.05, 0) is 37.1 Å². The fourth-order valence-corrected chi connectivity index (χ4v) is 2.06. The summed E-state index contributed by atoms with van der Waals surface area (Å²) < 4.78 is 5.70. The number of hydrogen-bond donors (Lipinski definition) is 2. The zero-order valence-corrected chi connectivity index (χ0v) is 12.8. The van der Waals surface area contributed by atoms with Crippen LogP contribution in [0.3, 0.4) is 0 Å². The van der Waals surface area contributed by atoms with Crippen molar-refractivity contribution in [3.8, 4) is 5.75 Å². The van der Waals surface area contributed by atoms with E-state index in [9.17, 15) is 9.90 Å². The first kappa shape index (κ1) is 16.0. The van der Waals surface area contributed by atoms with E-state index >= 15 is 0 Å². The Bertz CT molecular complexity index is 621. The summed E-state index contributed by atoms with van der Waals surface area (Å²) in [6.07, 6.45) is 0. The minimum Gasteiger partial charge on any atom is -0.489 e. The van der Waals surface area contributed by atoms with E-state index in [0.29, 0.717) is 6.61 Å². The number of carboxylic acids is 1. The van der Waals surface area contributed by atoms with Gasteiger partial charge in [0.25, 0.3) is 0 Å². The second kappa shape index (κ2) is 6.62. The van der Waals surface area contributed by atoms with E-state index in [1.807, 2.05) is 54.6 Å². The topological polar surface area (TPSA) is 72.5 Å². The van der Waals surface area contributed by atoms with Crippen molar-refractivity contribution in [3.05, 3.63) is 65.7 Å². The van der Waals surface area contributed by atoms with Crippen LogP contribution in [0.15, 0.2) is 54.6 Å². The number of rotatable bonds is 6. The van der Waals surface area contributed by atoms with Crippen LogP contribution in [-0.2, 0) is 11.4 Å². The van der Waals surface area contributed by atoms with Crippen LogP contribution in [0.2, 0.25) is 0 Å². The second-order valence-corrected chi connectivity index (χ2v) is 5.85. The lowest BCUT2D eigenvalue weighted by Gasteiger charge is -2.27. The molecule has 3 N–H and O–H groups in total. The van der Waals surface area contributed by atoms with Gasteiger partial charge in [0, 0.05) is 6.04 Å². The monoisotopic (exact) mass is 299 g/mol. The number of carboxylic acid groups (broad SMARTS) is 1. The lowest BCUT2D eigenvalue weighted by atomic mass is 9.81. The van der Waals surface area contributed by atoms with Crippen LogP contribution < -0.4 is 10.5 Å². The molecule has 0 bridgehead atoms. The summed E-state index contributed by atoms with van der Waals surface area (Å²) >= 11 is 0. The maximum atomic E-state index is 11.3. The van der Waals surface area contributed by atoms with Crippen molar-refractivity contribution in [2.24, 2.45) is 11.1 Å². The van der Waals surface area contributed by atoms with Crippen LogP contribution >= 0.6 is 0 Å². The molecule has 0 saturated heterocycles. The first-order valence-electron chi connectivity index (χ1n) is 7.17. The average molecular weight is 299 g/mol. The van der Waals surface area contributed by atoms with Gasteiger partial charge in [0.15, 0.2) is 0 Å². The van der Waals surface area contributed by atoms with Crippen LogP contribution in [0.4, 0.5) is 0 Å². The molecule has 0 amide bonds. The summed E-state index contributed by atoms with van der Waals surface area (Å²) in [7, 11) is 0. The molecule has 0 spiro atoms. The van der Waals surface area contributed by atoms with Crippen LogP contribution in [0.25, 0.3) is 0 Å². The van der Waals surface area contributed by atoms with Crippen molar-refractivity contribution in [1.82, 2.24) is 0 Å². The highest BCUT2D eigenvalue weighted by atomic mass is 16.5. The Balaban J connectivity index is 2.03. The predicted octanol–water partition coefficient (Wildman–Crippen LogP) is 3.38. The Hall–Kier alpha value is -2.33. The number of hydrogen-bond acceptors (Lipinski definition) is 3. The van der Waals surface area contributed by atoms with Gasteiger partial charge in [-0.2, -0.15) is 0 Å². The number of benzene rings is 2. The van der Waals surface area contributed by atoms with Gasteiger partial charge in [0.1, 0.15) is 12.4 Å². The third kappa shape index (κ3) is 3.65. The van der Waals surface area contributed by atoms with Gasteiger partial charge in [-0.3, -0.25) is 4.79 Å². The van der Waals surface area contributed by atoms with E-state index in [0.717, 1.165) is 16.9 Å². The molecule has 0 aromatic heterocycles. The first-order valence-corrected chi connectivity index (χ1v) is 7.17. The number of carbonyl (C=O) groups is 1. The van der Waals surface area contributed by atoms with Crippen molar-refractivity contribution in [1.29, 1.82) is 0 Å². The molecule has 1 unspecified atom stereocenters. The molecule has 1 atom stereocenters. The molecule has 22 heavy (non-hydrogen) atoms. The zero-order chi connectivity index (χ0) is 16.2. The van der Waals surface area contributed by atoms with Crippen molar-refractivity contribution >= 4 is 5.97 Å². The molecular weight excluding hydrogens is 278 g/mol. The highest BCUT2D eigenvalue weighted by Crippen LogP contribution is 2.32. The van der Waals surface area contributed by atoms with Crippen molar-refractivity contribution in [3.63, 3.8) is 0 Å². The number of nitrogens with two attached hydrogens (primary N) is 1. The molecule has 2 aromatic carbocycles. The maximum Gasteiger partial charge on any atom is 0.311 e. The fraction of sp³-hybridized carbons (Fsp3) is 0.278. The Morgan fingerprint density at radius 1 is 1.14 bits per heavy atom. The highest BCUT2D eigenvalue weighted by molar-refractivity contribution is 5.75. The largest absolute Gasteiger partial charge is 0.489 e. The van der Waals surface area contributed by atoms with Gasteiger partial charge in [-0.25, -0.2) is 0 Å². The summed E-state index contributed by atoms with van der Waals surface area (Å²) in [5.74, 6) is -0.183. The molecule has 0 aliphatic carbocycles. The SMILES string of the molecule is CC(C)(C(=O)O)C(N)c1ccc(OCc2ccccc2)cc1. The van der Waals surface area contributed by atoms with Crippen LogP contribution in [0.1, 0.15) is 31.0 Å². The molecule has 2 rings (SSSR count). The quantitative estimate of drug-likeness (QED) is 0.857. The third-order valence-corrected chi connectivity index (χ3v) is 3.82. The van der Waals surface area contributed by atoms with Crippen LogP contribution in [0.5, 0.6) is 5.75 Å². The van der Waals surface area contributed by atoms with E-state index in [-0.39, 0.29) is 0 Å². The number of aliphatic carboxylic acids is 1. The molecule has 0 saturated carbocycles. The highest BCUT2D eigenvalue weighted by Gasteiger charge is 2.35. The van der Waals surface area contributed by atoms with Gasteiger partial charge in [-0.15, -0.1) is 0 Å². The average Bonchev–Trinajstić information content (AvgIpc) is 2.53. The van der Waals surface area contributed by atoms with Crippen molar-refractivity contribution in [2.45, 2.75) is 26.5 Å². The molecule has 0 radical (unpaired) electrons. The zero-order valence-electron chi connectivity index (χ0n) is 12.8. The minimum atomic E-state index is -1.02. The molecule has 4 heteroatoms. The second-order valence-electron chi connectivity index (χ2n) is 5.85. The maximum absolute atomic E-state index is 11.3. The van der Waals surface area contributed by atoms with E-state index in [1.54, 1.807) is 13.8 Å². The number of ether oxygens (including phenoxy) is 1. The Labute approximate surface area is 130 Å². The van der Waals surface area contributed by atoms with Crippen molar-refractivity contribution < 1.29 is 14.6 Å². The van der Waals surface area contributed by atoms with E-state index in [1.165, 1.54) is 0 Å². The molecule has 2 aromatic rings. The van der Waals surface area contributed by atoms with Gasteiger partial charge >= 0.3 is 5.97 Å². The van der Waals surface area contributed by atoms with E-state index in [4.69, 9.17) is 10.5 Å². The lowest BCUT2D eigenvalue weighted by Crippen LogP contribution is -2.36. The van der Waals surface area contributed by atoms with Crippen LogP contribution in [-0.4, -0.2) is 11.1 Å². The van der Waals surface area contributed by atoms with Gasteiger partial charge in [-0.1, -0.05) is 42.5 Å². The van der Waals surface area contributed by atoms with Crippen molar-refractivity contribution in [2.75, 3.05) is 0 Å². The molecule has 0 aliphatic heterocycles. The fourth-order valence-electron chi connectivity index (χ4n) is 2.06. The summed E-state index contributed by atoms with van der Waals surface area (Å²) in [6, 6.07) is 16.6. The first-order chi connectivity index (χ1) is 10.4. The smallest absolute Gasteiger partial charge is 0.311 e. The minimum absolute atomic E-state index is 0.493. The van der Waals surface area contributed by atoms with E-state index < -0.39 is 17.4 Å². The summed E-state index contributed by atoms with van der Waals surface area (Å²) in [5.41, 5.74) is 6.92. The Morgan fingerprint density at radius 3 is 2.27 bits per heavy atom. The summed E-state index contributed by atoms with van der Waals surface area (Å²) in [5, 5.41) is 9.23. The standard InChI is InChI=1S/C18H21NO3/c1-18(2,17(20)21)16(19)14-8-10-15(11-9-14)22-12-13-6-4-3-5-7-13/h3-11,16H,12,19H2,1-2H3,(H,20,21). The summed E-state index contributed by atoms with van der Waals surface area (Å²) in [6.45, 7) is 3.74. The molecular formula is C18H21NO3. The predicted molar refractivity (Wildman–Crippen MR) is 85.6 cm³/mol. The van der Waals surface area contributed by atoms with Crippen LogP contribution in [0, 0.1) is 5.41 Å². The molecule has 0 heterocycles. The van der Waals surface area contributed by atoms with Gasteiger partial charge in [0.05, 0.1) is 5.41 Å². The molecule has 4 nitrogen and oxygen atoms in total. The molecule has 0 fully saturated rings. The lowest BCUT2D eigenvalue weighted by molar-refractivity contribution is -0.148. The Morgan fingerprint density at radius 2 is 1.73 bits per heavy atom. The molecule has 0 aliphatic rings. The summed E-state index contributed by atoms with van der Waals surface area (Å²) in [4.78, 5) is 11.3. The third-order valence-electron chi connectivity index (χ3n) is 3.82. The van der Waals surface area contributed by atoms with Gasteiger partial charge < -0.3 is 15.6 Å².